The highest BCUT2D eigenvalue weighted by atomic mass is 16.5. The van der Waals surface area contributed by atoms with E-state index < -0.39 is 6.10 Å². The van der Waals surface area contributed by atoms with Gasteiger partial charge in [0.15, 0.2) is 0 Å². The van der Waals surface area contributed by atoms with Crippen molar-refractivity contribution in [2.75, 3.05) is 0 Å². The molecular weight excluding hydrogens is 242 g/mol. The summed E-state index contributed by atoms with van der Waals surface area (Å²) in [4.78, 5) is 0. The van der Waals surface area contributed by atoms with Crippen LogP contribution in [0.2, 0.25) is 0 Å². The summed E-state index contributed by atoms with van der Waals surface area (Å²) in [5, 5.41) is 13.6. The molecule has 1 aromatic carbocycles. The fourth-order valence-electron chi connectivity index (χ4n) is 1.89. The molecule has 0 radical (unpaired) electrons. The average Bonchev–Trinajstić information content (AvgIpc) is 2.75. The minimum atomic E-state index is -0.406. The van der Waals surface area contributed by atoms with E-state index in [-0.39, 0.29) is 0 Å². The van der Waals surface area contributed by atoms with Gasteiger partial charge in [-0.15, -0.1) is 0 Å². The molecule has 0 spiro atoms. The van der Waals surface area contributed by atoms with Crippen molar-refractivity contribution in [1.29, 1.82) is 0 Å². The Morgan fingerprint density at radius 3 is 2.47 bits per heavy atom. The topological polar surface area (TPSA) is 55.5 Å². The van der Waals surface area contributed by atoms with E-state index in [2.05, 4.69) is 5.16 Å². The van der Waals surface area contributed by atoms with Gasteiger partial charge in [-0.3, -0.25) is 0 Å². The molecule has 0 unspecified atom stereocenters. The predicted molar refractivity (Wildman–Crippen MR) is 72.0 cm³/mol. The molecule has 0 aliphatic rings. The number of benzene rings is 1. The summed E-state index contributed by atoms with van der Waals surface area (Å²) in [6, 6.07) is 7.51. The third-order valence-corrected chi connectivity index (χ3v) is 3.22. The largest absolute Gasteiger partial charge is 0.489 e. The Hall–Kier alpha value is -1.81. The number of nitrogens with zero attached hydrogens (tertiary/aromatic N) is 1. The van der Waals surface area contributed by atoms with Crippen LogP contribution in [0.1, 0.15) is 42.0 Å². The Balaban J connectivity index is 2.01. The summed E-state index contributed by atoms with van der Waals surface area (Å²) in [6.07, 6.45) is 0.302. The molecule has 0 amide bonds. The summed E-state index contributed by atoms with van der Waals surface area (Å²) in [7, 11) is 0. The minimum Gasteiger partial charge on any atom is -0.489 e. The van der Waals surface area contributed by atoms with E-state index in [4.69, 9.17) is 9.26 Å². The van der Waals surface area contributed by atoms with Gasteiger partial charge in [0.1, 0.15) is 18.1 Å². The number of aromatic nitrogens is 1. The van der Waals surface area contributed by atoms with Gasteiger partial charge in [-0.1, -0.05) is 24.2 Å². The average molecular weight is 261 g/mol. The van der Waals surface area contributed by atoms with Crippen LogP contribution in [0.4, 0.5) is 0 Å². The molecule has 4 nitrogen and oxygen atoms in total. The number of hydrogen-bond acceptors (Lipinski definition) is 4. The van der Waals surface area contributed by atoms with Crippen LogP contribution in [0.3, 0.4) is 0 Å². The lowest BCUT2D eigenvalue weighted by Crippen LogP contribution is -1.99. The second-order valence-corrected chi connectivity index (χ2v) is 4.58. The standard InChI is InChI=1S/C15H19NO3/c1-4-15(17)12-5-7-13(8-6-12)18-9-14-10(2)16-19-11(14)3/h5-8,15,17H,4,9H2,1-3H3/t15-/m1/s1. The zero-order valence-electron chi connectivity index (χ0n) is 11.5. The first-order chi connectivity index (χ1) is 9.11. The summed E-state index contributed by atoms with van der Waals surface area (Å²) in [5.74, 6) is 1.56. The normalized spacial score (nSPS) is 12.4. The molecule has 0 aliphatic heterocycles. The zero-order chi connectivity index (χ0) is 13.8. The maximum Gasteiger partial charge on any atom is 0.140 e. The lowest BCUT2D eigenvalue weighted by molar-refractivity contribution is 0.173. The summed E-state index contributed by atoms with van der Waals surface area (Å²) >= 11 is 0. The van der Waals surface area contributed by atoms with E-state index in [9.17, 15) is 5.11 Å². The molecule has 2 rings (SSSR count). The lowest BCUT2D eigenvalue weighted by atomic mass is 10.1. The predicted octanol–water partition coefficient (Wildman–Crippen LogP) is 3.31. The van der Waals surface area contributed by atoms with Crippen molar-refractivity contribution < 1.29 is 14.4 Å². The van der Waals surface area contributed by atoms with Gasteiger partial charge in [-0.25, -0.2) is 0 Å². The third kappa shape index (κ3) is 3.15. The lowest BCUT2D eigenvalue weighted by Gasteiger charge is -2.10. The molecule has 0 bridgehead atoms. The van der Waals surface area contributed by atoms with Crippen LogP contribution >= 0.6 is 0 Å². The highest BCUT2D eigenvalue weighted by molar-refractivity contribution is 5.29. The number of hydrogen-bond donors (Lipinski definition) is 1. The molecule has 2 aromatic rings. The molecule has 1 heterocycles. The Bertz CT molecular complexity index is 511. The molecule has 0 saturated heterocycles. The van der Waals surface area contributed by atoms with Gasteiger partial charge >= 0.3 is 0 Å². The van der Waals surface area contributed by atoms with Gasteiger partial charge in [0, 0.05) is 0 Å². The molecule has 1 N–H and O–H groups in total. The maximum atomic E-state index is 9.71. The number of rotatable bonds is 5. The SMILES string of the molecule is CC[C@@H](O)c1ccc(OCc2c(C)noc2C)cc1. The Morgan fingerprint density at radius 2 is 1.95 bits per heavy atom. The smallest absolute Gasteiger partial charge is 0.140 e. The summed E-state index contributed by atoms with van der Waals surface area (Å²) < 4.78 is 10.8. The van der Waals surface area contributed by atoms with Crippen LogP contribution in [0.15, 0.2) is 28.8 Å². The van der Waals surface area contributed by atoms with Crippen molar-refractivity contribution in [2.45, 2.75) is 39.9 Å². The summed E-state index contributed by atoms with van der Waals surface area (Å²) in [6.45, 7) is 6.17. The van der Waals surface area contributed by atoms with Crippen molar-refractivity contribution in [2.24, 2.45) is 0 Å². The quantitative estimate of drug-likeness (QED) is 0.897. The maximum absolute atomic E-state index is 9.71. The fraction of sp³-hybridized carbons (Fsp3) is 0.400. The fourth-order valence-corrected chi connectivity index (χ4v) is 1.89. The molecule has 19 heavy (non-hydrogen) atoms. The summed E-state index contributed by atoms with van der Waals surface area (Å²) in [5.41, 5.74) is 2.75. The Morgan fingerprint density at radius 1 is 1.26 bits per heavy atom. The van der Waals surface area contributed by atoms with E-state index in [1.165, 1.54) is 0 Å². The van der Waals surface area contributed by atoms with Gasteiger partial charge in [-0.2, -0.15) is 0 Å². The van der Waals surface area contributed by atoms with Gasteiger partial charge in [0.05, 0.1) is 17.4 Å². The highest BCUT2D eigenvalue weighted by Gasteiger charge is 2.10. The van der Waals surface area contributed by atoms with Crippen LogP contribution < -0.4 is 4.74 Å². The minimum absolute atomic E-state index is 0.406. The Labute approximate surface area is 113 Å². The first-order valence-electron chi connectivity index (χ1n) is 6.44. The van der Waals surface area contributed by atoms with Gasteiger partial charge < -0.3 is 14.4 Å². The molecular formula is C15H19NO3. The van der Waals surface area contributed by atoms with E-state index in [1.807, 2.05) is 45.0 Å². The van der Waals surface area contributed by atoms with Crippen LogP contribution in [0.25, 0.3) is 0 Å². The molecule has 0 saturated carbocycles. The first kappa shape index (κ1) is 13.6. The molecule has 4 heteroatoms. The molecule has 0 fully saturated rings. The molecule has 102 valence electrons. The number of aliphatic hydroxyl groups is 1. The van der Waals surface area contributed by atoms with Crippen LogP contribution in [0.5, 0.6) is 5.75 Å². The van der Waals surface area contributed by atoms with Crippen molar-refractivity contribution in [3.63, 3.8) is 0 Å². The second kappa shape index (κ2) is 5.89. The van der Waals surface area contributed by atoms with Gasteiger partial charge in [0.2, 0.25) is 0 Å². The van der Waals surface area contributed by atoms with Crippen molar-refractivity contribution >= 4 is 0 Å². The number of aryl methyl sites for hydroxylation is 2. The zero-order valence-corrected chi connectivity index (χ0v) is 11.5. The van der Waals surface area contributed by atoms with E-state index in [0.717, 1.165) is 28.3 Å². The Kier molecular flexibility index (Phi) is 4.22. The second-order valence-electron chi connectivity index (χ2n) is 4.58. The van der Waals surface area contributed by atoms with Gasteiger partial charge in [0.25, 0.3) is 0 Å². The molecule has 1 atom stereocenters. The van der Waals surface area contributed by atoms with Crippen LogP contribution in [-0.4, -0.2) is 10.3 Å². The van der Waals surface area contributed by atoms with Crippen LogP contribution in [-0.2, 0) is 6.61 Å². The van der Waals surface area contributed by atoms with Crippen molar-refractivity contribution in [1.82, 2.24) is 5.16 Å². The highest BCUT2D eigenvalue weighted by Crippen LogP contribution is 2.21. The molecule has 0 aliphatic carbocycles. The monoisotopic (exact) mass is 261 g/mol. The molecule has 1 aromatic heterocycles. The van der Waals surface area contributed by atoms with Crippen molar-refractivity contribution in [3.8, 4) is 5.75 Å². The van der Waals surface area contributed by atoms with E-state index in [0.29, 0.717) is 13.0 Å². The van der Waals surface area contributed by atoms with E-state index in [1.54, 1.807) is 0 Å². The van der Waals surface area contributed by atoms with Crippen LogP contribution in [0, 0.1) is 13.8 Å². The van der Waals surface area contributed by atoms with E-state index >= 15 is 0 Å². The van der Waals surface area contributed by atoms with Crippen molar-refractivity contribution in [3.05, 3.63) is 46.8 Å². The third-order valence-electron chi connectivity index (χ3n) is 3.22. The number of ether oxygens (including phenoxy) is 1. The number of aliphatic hydroxyl groups excluding tert-OH is 1. The first-order valence-corrected chi connectivity index (χ1v) is 6.44. The van der Waals surface area contributed by atoms with Gasteiger partial charge in [-0.05, 0) is 38.0 Å².